The van der Waals surface area contributed by atoms with Crippen molar-refractivity contribution < 1.29 is 14.4 Å². The van der Waals surface area contributed by atoms with Crippen LogP contribution in [0, 0.1) is 0 Å². The van der Waals surface area contributed by atoms with Crippen LogP contribution in [0.3, 0.4) is 0 Å². The van der Waals surface area contributed by atoms with Crippen LogP contribution in [0.2, 0.25) is 0 Å². The van der Waals surface area contributed by atoms with Gasteiger partial charge in [0.2, 0.25) is 17.6 Å². The smallest absolute Gasteiger partial charge is 0.227 e. The molecule has 1 saturated heterocycles. The van der Waals surface area contributed by atoms with E-state index in [4.69, 9.17) is 4.52 Å². The molecule has 0 spiro atoms. The molecule has 2 aromatic heterocycles. The number of aromatic nitrogens is 2. The lowest BCUT2D eigenvalue weighted by molar-refractivity contribution is -0.132. The molecule has 1 amide bonds. The third-order valence-electron chi connectivity index (χ3n) is 4.07. The molecule has 124 valence electrons. The van der Waals surface area contributed by atoms with Gasteiger partial charge in [-0.15, -0.1) is 11.3 Å². The van der Waals surface area contributed by atoms with Crippen LogP contribution in [0.15, 0.2) is 22.0 Å². The summed E-state index contributed by atoms with van der Waals surface area (Å²) in [6.07, 6.45) is 3.07. The highest BCUT2D eigenvalue weighted by molar-refractivity contribution is 7.13. The number of thiophene rings is 1. The highest BCUT2D eigenvalue weighted by Gasteiger charge is 2.29. The molecule has 1 aliphatic heterocycles. The number of likely N-dealkylation sites (tertiary alicyclic amines) is 1. The Morgan fingerprint density at radius 2 is 2.48 bits per heavy atom. The molecule has 0 aromatic carbocycles. The molecule has 3 rings (SSSR count). The van der Waals surface area contributed by atoms with Gasteiger partial charge in [0, 0.05) is 25.4 Å². The predicted octanol–water partition coefficient (Wildman–Crippen LogP) is 2.49. The molecule has 0 bridgehead atoms. The summed E-state index contributed by atoms with van der Waals surface area (Å²) < 4.78 is 5.23. The molecule has 0 radical (unpaired) electrons. The summed E-state index contributed by atoms with van der Waals surface area (Å²) in [4.78, 5) is 19.6. The topological polar surface area (TPSA) is 79.5 Å². The second-order valence-electron chi connectivity index (χ2n) is 5.96. The van der Waals surface area contributed by atoms with Crippen molar-refractivity contribution in [3.63, 3.8) is 0 Å². The molecule has 1 aliphatic rings. The Balaban J connectivity index is 1.54. The minimum atomic E-state index is -0.377. The fourth-order valence-corrected chi connectivity index (χ4v) is 3.67. The number of aryl methyl sites for hydroxylation is 1. The normalized spacial score (nSPS) is 19.2. The maximum atomic E-state index is 12.4. The molecule has 2 unspecified atom stereocenters. The summed E-state index contributed by atoms with van der Waals surface area (Å²) in [5, 5.41) is 15.5. The van der Waals surface area contributed by atoms with Crippen LogP contribution in [0.4, 0.5) is 0 Å². The van der Waals surface area contributed by atoms with E-state index in [0.29, 0.717) is 31.0 Å². The van der Waals surface area contributed by atoms with Crippen LogP contribution in [0.25, 0.3) is 10.7 Å². The monoisotopic (exact) mass is 335 g/mol. The number of aliphatic hydroxyl groups is 1. The largest absolute Gasteiger partial charge is 0.393 e. The fraction of sp³-hybridized carbons (Fsp3) is 0.562. The van der Waals surface area contributed by atoms with E-state index in [-0.39, 0.29) is 18.1 Å². The molecule has 23 heavy (non-hydrogen) atoms. The Kier molecular flexibility index (Phi) is 5.07. The molecular weight excluding hydrogens is 314 g/mol. The number of carbonyl (C=O) groups is 1. The first-order chi connectivity index (χ1) is 11.1. The van der Waals surface area contributed by atoms with Gasteiger partial charge in [0.1, 0.15) is 0 Å². The average Bonchev–Trinajstić information content (AvgIpc) is 3.24. The lowest BCUT2D eigenvalue weighted by Crippen LogP contribution is -2.37. The summed E-state index contributed by atoms with van der Waals surface area (Å²) in [7, 11) is 0. The number of nitrogens with zero attached hydrogens (tertiary/aromatic N) is 3. The van der Waals surface area contributed by atoms with Crippen LogP contribution in [0.5, 0.6) is 0 Å². The summed E-state index contributed by atoms with van der Waals surface area (Å²) in [5.41, 5.74) is 0. The zero-order valence-corrected chi connectivity index (χ0v) is 14.0. The van der Waals surface area contributed by atoms with Crippen LogP contribution in [-0.2, 0) is 11.2 Å². The Hall–Kier alpha value is -1.73. The van der Waals surface area contributed by atoms with Crippen LogP contribution < -0.4 is 0 Å². The zero-order valence-electron chi connectivity index (χ0n) is 13.1. The van der Waals surface area contributed by atoms with Gasteiger partial charge in [-0.25, -0.2) is 0 Å². The second-order valence-corrected chi connectivity index (χ2v) is 6.90. The summed E-state index contributed by atoms with van der Waals surface area (Å²) in [6.45, 7) is 2.55. The predicted molar refractivity (Wildman–Crippen MR) is 87.0 cm³/mol. The minimum Gasteiger partial charge on any atom is -0.393 e. The van der Waals surface area contributed by atoms with Crippen molar-refractivity contribution in [3.05, 3.63) is 23.4 Å². The van der Waals surface area contributed by atoms with E-state index in [1.807, 2.05) is 22.4 Å². The van der Waals surface area contributed by atoms with Gasteiger partial charge in [0.05, 0.1) is 11.0 Å². The van der Waals surface area contributed by atoms with Gasteiger partial charge in [0.25, 0.3) is 0 Å². The van der Waals surface area contributed by atoms with E-state index in [1.165, 1.54) is 0 Å². The molecule has 7 heteroatoms. The van der Waals surface area contributed by atoms with E-state index in [1.54, 1.807) is 18.3 Å². The van der Waals surface area contributed by atoms with E-state index in [0.717, 1.165) is 24.3 Å². The first-order valence-electron chi connectivity index (χ1n) is 7.97. The zero-order chi connectivity index (χ0) is 16.2. The van der Waals surface area contributed by atoms with E-state index >= 15 is 0 Å². The van der Waals surface area contributed by atoms with Gasteiger partial charge >= 0.3 is 0 Å². The van der Waals surface area contributed by atoms with Crippen molar-refractivity contribution in [3.8, 4) is 10.7 Å². The van der Waals surface area contributed by atoms with Crippen molar-refractivity contribution in [2.75, 3.05) is 6.54 Å². The van der Waals surface area contributed by atoms with Gasteiger partial charge in [-0.05, 0) is 37.6 Å². The minimum absolute atomic E-state index is 0.101. The van der Waals surface area contributed by atoms with Gasteiger partial charge in [-0.2, -0.15) is 4.98 Å². The van der Waals surface area contributed by atoms with Crippen LogP contribution >= 0.6 is 11.3 Å². The fourth-order valence-electron chi connectivity index (χ4n) is 3.02. The van der Waals surface area contributed by atoms with Crippen LogP contribution in [0.1, 0.15) is 38.5 Å². The van der Waals surface area contributed by atoms with E-state index in [2.05, 4.69) is 10.1 Å². The van der Waals surface area contributed by atoms with Gasteiger partial charge < -0.3 is 14.5 Å². The summed E-state index contributed by atoms with van der Waals surface area (Å²) in [6, 6.07) is 4.04. The molecule has 2 atom stereocenters. The number of hydrogen-bond acceptors (Lipinski definition) is 6. The number of rotatable bonds is 6. The van der Waals surface area contributed by atoms with Gasteiger partial charge in [-0.3, -0.25) is 4.79 Å². The van der Waals surface area contributed by atoms with Crippen LogP contribution in [-0.4, -0.2) is 44.7 Å². The van der Waals surface area contributed by atoms with Crippen molar-refractivity contribution in [1.29, 1.82) is 0 Å². The molecule has 2 aromatic rings. The highest BCUT2D eigenvalue weighted by atomic mass is 32.1. The van der Waals surface area contributed by atoms with E-state index < -0.39 is 0 Å². The van der Waals surface area contributed by atoms with Crippen molar-refractivity contribution >= 4 is 17.2 Å². The van der Waals surface area contributed by atoms with Crippen molar-refractivity contribution in [1.82, 2.24) is 15.0 Å². The second kappa shape index (κ2) is 7.23. The molecular formula is C16H21N3O3S. The Morgan fingerprint density at radius 1 is 1.61 bits per heavy atom. The first kappa shape index (κ1) is 16.1. The number of amides is 1. The molecule has 1 N–H and O–H groups in total. The summed E-state index contributed by atoms with van der Waals surface area (Å²) in [5.74, 6) is 1.17. The average molecular weight is 335 g/mol. The standard InChI is InChI=1S/C16H21N3O3S/c1-11(20)10-12-4-2-8-19(12)15(21)7-6-14-17-16(18-22-14)13-5-3-9-23-13/h3,5,9,11-12,20H,2,4,6-8,10H2,1H3. The SMILES string of the molecule is CC(O)CC1CCCN1C(=O)CCc1nc(-c2cccs2)no1. The third kappa shape index (κ3) is 3.97. The van der Waals surface area contributed by atoms with Crippen molar-refractivity contribution in [2.45, 2.75) is 51.2 Å². The van der Waals surface area contributed by atoms with E-state index in [9.17, 15) is 9.90 Å². The number of hydrogen-bond donors (Lipinski definition) is 1. The van der Waals surface area contributed by atoms with Crippen molar-refractivity contribution in [2.24, 2.45) is 0 Å². The first-order valence-corrected chi connectivity index (χ1v) is 8.85. The molecule has 0 aliphatic carbocycles. The Morgan fingerprint density at radius 3 is 3.22 bits per heavy atom. The lowest BCUT2D eigenvalue weighted by Gasteiger charge is -2.25. The number of aliphatic hydroxyl groups excluding tert-OH is 1. The maximum absolute atomic E-state index is 12.4. The Labute approximate surface area is 139 Å². The third-order valence-corrected chi connectivity index (χ3v) is 4.94. The molecule has 6 nitrogen and oxygen atoms in total. The maximum Gasteiger partial charge on any atom is 0.227 e. The summed E-state index contributed by atoms with van der Waals surface area (Å²) >= 11 is 1.56. The van der Waals surface area contributed by atoms with Gasteiger partial charge in [-0.1, -0.05) is 11.2 Å². The number of carbonyl (C=O) groups excluding carboxylic acids is 1. The highest BCUT2D eigenvalue weighted by Crippen LogP contribution is 2.24. The molecule has 1 fully saturated rings. The Bertz CT molecular complexity index is 639. The quantitative estimate of drug-likeness (QED) is 0.877. The van der Waals surface area contributed by atoms with Gasteiger partial charge in [0.15, 0.2) is 0 Å². The lowest BCUT2D eigenvalue weighted by atomic mass is 10.1. The molecule has 3 heterocycles. The molecule has 0 saturated carbocycles.